The summed E-state index contributed by atoms with van der Waals surface area (Å²) in [6.07, 6.45) is 1.01. The lowest BCUT2D eigenvalue weighted by Crippen LogP contribution is -1.90. The molecule has 0 saturated heterocycles. The van der Waals surface area contributed by atoms with Crippen molar-refractivity contribution in [3.8, 4) is 6.07 Å². The minimum Gasteiger partial charge on any atom is -0.331 e. The predicted octanol–water partition coefficient (Wildman–Crippen LogP) is 2.51. The van der Waals surface area contributed by atoms with Crippen molar-refractivity contribution in [2.75, 3.05) is 0 Å². The van der Waals surface area contributed by atoms with Crippen LogP contribution in [0, 0.1) is 24.2 Å². The van der Waals surface area contributed by atoms with Crippen molar-refractivity contribution in [1.29, 1.82) is 5.26 Å². The summed E-state index contributed by atoms with van der Waals surface area (Å²) in [5.74, 6) is 1.69. The zero-order valence-corrected chi connectivity index (χ0v) is 9.44. The number of imidazole rings is 1. The Morgan fingerprint density at radius 2 is 2.31 bits per heavy atom. The molecule has 2 unspecified atom stereocenters. The van der Waals surface area contributed by atoms with Gasteiger partial charge >= 0.3 is 0 Å². The first-order chi connectivity index (χ1) is 7.70. The average Bonchev–Trinajstić information content (AvgIpc) is 3.02. The van der Waals surface area contributed by atoms with Crippen LogP contribution in [0.3, 0.4) is 0 Å². The first kappa shape index (κ1) is 9.41. The number of benzene rings is 1. The van der Waals surface area contributed by atoms with Crippen LogP contribution in [0.25, 0.3) is 11.0 Å². The van der Waals surface area contributed by atoms with Gasteiger partial charge in [0.2, 0.25) is 0 Å². The second kappa shape index (κ2) is 3.08. The normalized spacial score (nSPS) is 23.3. The first-order valence-electron chi connectivity index (χ1n) is 5.53. The Morgan fingerprint density at radius 1 is 1.50 bits per heavy atom. The first-order valence-corrected chi connectivity index (χ1v) is 5.53. The summed E-state index contributed by atoms with van der Waals surface area (Å²) in [5.41, 5.74) is 3.47. The van der Waals surface area contributed by atoms with E-state index in [1.165, 1.54) is 5.56 Å². The molecule has 2 aromatic rings. The van der Waals surface area contributed by atoms with Gasteiger partial charge in [-0.05, 0) is 31.0 Å². The Labute approximate surface area is 94.3 Å². The molecule has 0 bridgehead atoms. The van der Waals surface area contributed by atoms with Gasteiger partial charge < -0.3 is 4.57 Å². The van der Waals surface area contributed by atoms with Gasteiger partial charge in [0.05, 0.1) is 23.0 Å². The van der Waals surface area contributed by atoms with Crippen LogP contribution in [0.1, 0.15) is 23.7 Å². The molecule has 1 fully saturated rings. The predicted molar refractivity (Wildman–Crippen MR) is 61.9 cm³/mol. The van der Waals surface area contributed by atoms with Crippen LogP contribution in [0.15, 0.2) is 18.2 Å². The van der Waals surface area contributed by atoms with Crippen LogP contribution in [0.5, 0.6) is 0 Å². The van der Waals surface area contributed by atoms with Crippen molar-refractivity contribution in [2.24, 2.45) is 13.0 Å². The number of rotatable bonds is 1. The van der Waals surface area contributed by atoms with Gasteiger partial charge in [-0.1, -0.05) is 6.07 Å². The number of hydrogen-bond donors (Lipinski definition) is 0. The third-order valence-electron chi connectivity index (χ3n) is 3.51. The van der Waals surface area contributed by atoms with E-state index in [1.54, 1.807) is 0 Å². The molecular weight excluding hydrogens is 198 g/mol. The highest BCUT2D eigenvalue weighted by atomic mass is 15.0. The summed E-state index contributed by atoms with van der Waals surface area (Å²) in [5, 5.41) is 8.83. The standard InChI is InChI=1S/C13H13N3/c1-8-15-12-6-9(11-5-10(11)7-14)3-4-13(12)16(8)2/h3-4,6,10-11H,5H2,1-2H3. The van der Waals surface area contributed by atoms with Gasteiger partial charge in [-0.25, -0.2) is 4.98 Å². The maximum Gasteiger partial charge on any atom is 0.106 e. The number of nitriles is 1. The topological polar surface area (TPSA) is 41.6 Å². The van der Waals surface area contributed by atoms with Crippen molar-refractivity contribution in [3.05, 3.63) is 29.6 Å². The Balaban J connectivity index is 2.08. The van der Waals surface area contributed by atoms with Crippen molar-refractivity contribution < 1.29 is 0 Å². The van der Waals surface area contributed by atoms with Crippen molar-refractivity contribution in [2.45, 2.75) is 19.3 Å². The Hall–Kier alpha value is -1.82. The number of aryl methyl sites for hydroxylation is 2. The van der Waals surface area contributed by atoms with Gasteiger partial charge in [0.15, 0.2) is 0 Å². The Morgan fingerprint density at radius 3 is 3.00 bits per heavy atom. The SMILES string of the molecule is Cc1nc2cc(C3CC3C#N)ccc2n1C. The van der Waals surface area contributed by atoms with Crippen molar-refractivity contribution in [1.82, 2.24) is 9.55 Å². The van der Waals surface area contributed by atoms with Gasteiger partial charge in [-0.3, -0.25) is 0 Å². The highest BCUT2D eigenvalue weighted by Gasteiger charge is 2.38. The molecule has 3 heteroatoms. The van der Waals surface area contributed by atoms with E-state index in [2.05, 4.69) is 33.8 Å². The van der Waals surface area contributed by atoms with Gasteiger partial charge in [0.25, 0.3) is 0 Å². The highest BCUT2D eigenvalue weighted by Crippen LogP contribution is 2.47. The van der Waals surface area contributed by atoms with E-state index in [1.807, 2.05) is 14.0 Å². The van der Waals surface area contributed by atoms with Gasteiger partial charge in [0.1, 0.15) is 5.82 Å². The zero-order valence-electron chi connectivity index (χ0n) is 9.44. The molecule has 1 heterocycles. The molecule has 0 aliphatic heterocycles. The molecule has 16 heavy (non-hydrogen) atoms. The number of fused-ring (bicyclic) bond motifs is 1. The van der Waals surface area contributed by atoms with Gasteiger partial charge in [0, 0.05) is 13.0 Å². The minimum absolute atomic E-state index is 0.224. The lowest BCUT2D eigenvalue weighted by Gasteiger charge is -1.99. The summed E-state index contributed by atoms with van der Waals surface area (Å²) in [6.45, 7) is 2.01. The van der Waals surface area contributed by atoms with Crippen LogP contribution >= 0.6 is 0 Å². The quantitative estimate of drug-likeness (QED) is 0.727. The smallest absolute Gasteiger partial charge is 0.106 e. The van der Waals surface area contributed by atoms with Crippen LogP contribution in [0.4, 0.5) is 0 Å². The molecule has 3 rings (SSSR count). The Kier molecular flexibility index (Phi) is 1.81. The monoisotopic (exact) mass is 211 g/mol. The maximum absolute atomic E-state index is 8.83. The maximum atomic E-state index is 8.83. The van der Waals surface area contributed by atoms with Crippen molar-refractivity contribution in [3.63, 3.8) is 0 Å². The number of aromatic nitrogens is 2. The lowest BCUT2D eigenvalue weighted by atomic mass is 10.1. The van der Waals surface area contributed by atoms with Crippen LogP contribution in [-0.4, -0.2) is 9.55 Å². The largest absolute Gasteiger partial charge is 0.331 e. The van der Waals surface area contributed by atoms with E-state index in [4.69, 9.17) is 5.26 Å². The molecule has 1 aromatic heterocycles. The summed E-state index contributed by atoms with van der Waals surface area (Å²) >= 11 is 0. The van der Waals surface area contributed by atoms with Crippen LogP contribution < -0.4 is 0 Å². The fourth-order valence-electron chi connectivity index (χ4n) is 2.27. The van der Waals surface area contributed by atoms with E-state index in [9.17, 15) is 0 Å². The van der Waals surface area contributed by atoms with E-state index in [0.717, 1.165) is 23.3 Å². The molecular formula is C13H13N3. The van der Waals surface area contributed by atoms with Gasteiger partial charge in [-0.15, -0.1) is 0 Å². The molecule has 3 nitrogen and oxygen atoms in total. The molecule has 1 aliphatic rings. The molecule has 1 saturated carbocycles. The van der Waals surface area contributed by atoms with Crippen LogP contribution in [0.2, 0.25) is 0 Å². The number of hydrogen-bond acceptors (Lipinski definition) is 2. The Bertz CT molecular complexity index is 603. The third-order valence-corrected chi connectivity index (χ3v) is 3.51. The zero-order chi connectivity index (χ0) is 11.3. The van der Waals surface area contributed by atoms with Gasteiger partial charge in [-0.2, -0.15) is 5.26 Å². The van der Waals surface area contributed by atoms with E-state index < -0.39 is 0 Å². The second-order valence-corrected chi connectivity index (χ2v) is 4.54. The molecule has 0 spiro atoms. The van der Waals surface area contributed by atoms with E-state index >= 15 is 0 Å². The van der Waals surface area contributed by atoms with E-state index in [-0.39, 0.29) is 5.92 Å². The molecule has 0 amide bonds. The number of nitrogens with zero attached hydrogens (tertiary/aromatic N) is 3. The second-order valence-electron chi connectivity index (χ2n) is 4.54. The molecule has 1 aliphatic carbocycles. The molecule has 2 atom stereocenters. The lowest BCUT2D eigenvalue weighted by molar-refractivity contribution is 0.886. The summed E-state index contributed by atoms with van der Waals surface area (Å²) in [6, 6.07) is 8.69. The van der Waals surface area contributed by atoms with E-state index in [0.29, 0.717) is 5.92 Å². The fourth-order valence-corrected chi connectivity index (χ4v) is 2.27. The van der Waals surface area contributed by atoms with Crippen LogP contribution in [-0.2, 0) is 7.05 Å². The molecule has 0 radical (unpaired) electrons. The minimum atomic E-state index is 0.224. The summed E-state index contributed by atoms with van der Waals surface area (Å²) in [4.78, 5) is 4.51. The molecule has 80 valence electrons. The molecule has 0 N–H and O–H groups in total. The summed E-state index contributed by atoms with van der Waals surface area (Å²) < 4.78 is 2.09. The van der Waals surface area contributed by atoms with Crippen molar-refractivity contribution >= 4 is 11.0 Å². The molecule has 1 aromatic carbocycles. The highest BCUT2D eigenvalue weighted by molar-refractivity contribution is 5.77. The summed E-state index contributed by atoms with van der Waals surface area (Å²) in [7, 11) is 2.03. The third kappa shape index (κ3) is 1.23. The fraction of sp³-hybridized carbons (Fsp3) is 0.385. The average molecular weight is 211 g/mol.